The van der Waals surface area contributed by atoms with Gasteiger partial charge in [0, 0.05) is 30.6 Å². The van der Waals surface area contributed by atoms with E-state index in [1.54, 1.807) is 0 Å². The molecule has 0 amide bonds. The maximum atomic E-state index is 3.19. The fraction of sp³-hybridized carbons (Fsp3) is 0.412. The summed E-state index contributed by atoms with van der Waals surface area (Å²) in [6.45, 7) is 3.12. The first kappa shape index (κ1) is 13.8. The molecule has 1 aromatic carbocycles. The monoisotopic (exact) mass is 286 g/mol. The first-order valence-electron chi connectivity index (χ1n) is 7.34. The summed E-state index contributed by atoms with van der Waals surface area (Å²) in [5, 5.41) is 5.37. The zero-order chi connectivity index (χ0) is 13.8. The minimum atomic E-state index is 0.800. The van der Waals surface area contributed by atoms with Crippen LogP contribution in [0.25, 0.3) is 0 Å². The van der Waals surface area contributed by atoms with Crippen LogP contribution in [-0.2, 0) is 19.6 Å². The maximum Gasteiger partial charge on any atom is 0.0334 e. The van der Waals surface area contributed by atoms with E-state index < -0.39 is 0 Å². The van der Waals surface area contributed by atoms with Crippen molar-refractivity contribution < 1.29 is 0 Å². The molecule has 20 heavy (non-hydrogen) atoms. The Labute approximate surface area is 125 Å². The van der Waals surface area contributed by atoms with Crippen molar-refractivity contribution in [3.63, 3.8) is 0 Å². The van der Waals surface area contributed by atoms with Crippen molar-refractivity contribution in [2.75, 3.05) is 7.05 Å². The number of thiophene rings is 1. The third-order valence-corrected chi connectivity index (χ3v) is 4.65. The normalized spacial score (nSPS) is 14.9. The van der Waals surface area contributed by atoms with Crippen molar-refractivity contribution in [2.24, 2.45) is 0 Å². The van der Waals surface area contributed by atoms with E-state index in [4.69, 9.17) is 0 Å². The van der Waals surface area contributed by atoms with Gasteiger partial charge in [0.25, 0.3) is 0 Å². The van der Waals surface area contributed by atoms with Gasteiger partial charge in [-0.15, -0.1) is 11.3 Å². The summed E-state index contributed by atoms with van der Waals surface area (Å²) < 4.78 is 0. The molecule has 1 heterocycles. The highest BCUT2D eigenvalue weighted by Crippen LogP contribution is 2.30. The third kappa shape index (κ3) is 3.69. The number of rotatable bonds is 7. The van der Waals surface area contributed by atoms with Gasteiger partial charge in [0.2, 0.25) is 0 Å². The number of hydrogen-bond donors (Lipinski definition) is 1. The molecule has 0 atom stereocenters. The summed E-state index contributed by atoms with van der Waals surface area (Å²) in [4.78, 5) is 4.10. The lowest BCUT2D eigenvalue weighted by molar-refractivity contribution is 0.248. The van der Waals surface area contributed by atoms with E-state index in [9.17, 15) is 0 Å². The van der Waals surface area contributed by atoms with Crippen LogP contribution in [0.4, 0.5) is 0 Å². The van der Waals surface area contributed by atoms with Gasteiger partial charge in [-0.3, -0.25) is 4.90 Å². The summed E-state index contributed by atoms with van der Waals surface area (Å²) >= 11 is 1.87. The third-order valence-electron chi connectivity index (χ3n) is 3.79. The Bertz CT molecular complexity index is 514. The fourth-order valence-electron chi connectivity index (χ4n) is 2.56. The van der Waals surface area contributed by atoms with Gasteiger partial charge in [0.15, 0.2) is 0 Å². The van der Waals surface area contributed by atoms with Crippen LogP contribution in [0.15, 0.2) is 41.8 Å². The molecule has 3 heteroatoms. The van der Waals surface area contributed by atoms with E-state index in [-0.39, 0.29) is 0 Å². The van der Waals surface area contributed by atoms with Gasteiger partial charge >= 0.3 is 0 Å². The summed E-state index contributed by atoms with van der Waals surface area (Å²) in [5.74, 6) is 0. The number of nitrogens with zero attached hydrogens (tertiary/aromatic N) is 1. The highest BCUT2D eigenvalue weighted by atomic mass is 32.1. The molecule has 1 aliphatic rings. The Morgan fingerprint density at radius 1 is 1.10 bits per heavy atom. The molecule has 0 spiro atoms. The van der Waals surface area contributed by atoms with Crippen LogP contribution in [0, 0.1) is 0 Å². The standard InChI is InChI=1S/C17H22N2S/c1-18-11-14-4-6-15(7-5-14)12-19(16-8-9-16)13-17-3-2-10-20-17/h2-7,10,16,18H,8-9,11-13H2,1H3. The molecule has 0 bridgehead atoms. The molecule has 0 radical (unpaired) electrons. The maximum absolute atomic E-state index is 3.19. The summed E-state index contributed by atoms with van der Waals surface area (Å²) in [5.41, 5.74) is 2.78. The first-order chi connectivity index (χ1) is 9.85. The van der Waals surface area contributed by atoms with Gasteiger partial charge in [0.05, 0.1) is 0 Å². The number of hydrogen-bond acceptors (Lipinski definition) is 3. The van der Waals surface area contributed by atoms with Crippen molar-refractivity contribution in [2.45, 2.75) is 38.5 Å². The molecule has 0 aliphatic heterocycles. The highest BCUT2D eigenvalue weighted by Gasteiger charge is 2.29. The van der Waals surface area contributed by atoms with Crippen LogP contribution in [0.3, 0.4) is 0 Å². The van der Waals surface area contributed by atoms with Crippen molar-refractivity contribution in [3.05, 3.63) is 57.8 Å². The lowest BCUT2D eigenvalue weighted by Crippen LogP contribution is -2.24. The quantitative estimate of drug-likeness (QED) is 0.836. The molecule has 1 aromatic heterocycles. The van der Waals surface area contributed by atoms with Gasteiger partial charge < -0.3 is 5.32 Å². The van der Waals surface area contributed by atoms with E-state index in [1.165, 1.54) is 28.8 Å². The van der Waals surface area contributed by atoms with Crippen molar-refractivity contribution in [3.8, 4) is 0 Å². The summed E-state index contributed by atoms with van der Waals surface area (Å²) in [7, 11) is 1.99. The second-order valence-electron chi connectivity index (χ2n) is 5.56. The van der Waals surface area contributed by atoms with Crippen LogP contribution >= 0.6 is 11.3 Å². The zero-order valence-electron chi connectivity index (χ0n) is 12.0. The lowest BCUT2D eigenvalue weighted by atomic mass is 10.1. The van der Waals surface area contributed by atoms with Crippen LogP contribution in [0.5, 0.6) is 0 Å². The minimum absolute atomic E-state index is 0.800. The molecule has 2 nitrogen and oxygen atoms in total. The predicted molar refractivity (Wildman–Crippen MR) is 85.8 cm³/mol. The van der Waals surface area contributed by atoms with E-state index in [0.29, 0.717) is 0 Å². The van der Waals surface area contributed by atoms with Crippen LogP contribution in [0.1, 0.15) is 28.8 Å². The average molecular weight is 286 g/mol. The summed E-state index contributed by atoms with van der Waals surface area (Å²) in [6, 6.07) is 14.2. The molecule has 0 unspecified atom stereocenters. The second-order valence-corrected chi connectivity index (χ2v) is 6.59. The molecule has 0 saturated heterocycles. The average Bonchev–Trinajstić information content (AvgIpc) is 3.19. The van der Waals surface area contributed by atoms with Gasteiger partial charge in [-0.1, -0.05) is 30.3 Å². The Hall–Kier alpha value is -1.16. The SMILES string of the molecule is CNCc1ccc(CN(Cc2cccs2)C2CC2)cc1. The lowest BCUT2D eigenvalue weighted by Gasteiger charge is -2.21. The van der Waals surface area contributed by atoms with E-state index in [0.717, 1.165) is 25.7 Å². The van der Waals surface area contributed by atoms with Crippen molar-refractivity contribution in [1.82, 2.24) is 10.2 Å². The fourth-order valence-corrected chi connectivity index (χ4v) is 3.29. The second kappa shape index (κ2) is 6.53. The predicted octanol–water partition coefficient (Wildman–Crippen LogP) is 3.63. The Kier molecular flexibility index (Phi) is 4.51. The number of nitrogens with one attached hydrogen (secondary N) is 1. The Morgan fingerprint density at radius 2 is 1.85 bits per heavy atom. The zero-order valence-corrected chi connectivity index (χ0v) is 12.8. The van der Waals surface area contributed by atoms with E-state index in [2.05, 4.69) is 52.0 Å². The van der Waals surface area contributed by atoms with E-state index in [1.807, 2.05) is 18.4 Å². The van der Waals surface area contributed by atoms with Crippen LogP contribution < -0.4 is 5.32 Å². The Morgan fingerprint density at radius 3 is 2.45 bits per heavy atom. The first-order valence-corrected chi connectivity index (χ1v) is 8.22. The molecule has 3 rings (SSSR count). The highest BCUT2D eigenvalue weighted by molar-refractivity contribution is 7.09. The topological polar surface area (TPSA) is 15.3 Å². The van der Waals surface area contributed by atoms with Gasteiger partial charge in [-0.05, 0) is 42.5 Å². The van der Waals surface area contributed by atoms with Crippen molar-refractivity contribution >= 4 is 11.3 Å². The largest absolute Gasteiger partial charge is 0.316 e. The van der Waals surface area contributed by atoms with Gasteiger partial charge in [-0.2, -0.15) is 0 Å². The molecular formula is C17H22N2S. The molecule has 1 saturated carbocycles. The van der Waals surface area contributed by atoms with E-state index >= 15 is 0 Å². The minimum Gasteiger partial charge on any atom is -0.316 e. The summed E-state index contributed by atoms with van der Waals surface area (Å²) in [6.07, 6.45) is 2.73. The molecule has 1 fully saturated rings. The van der Waals surface area contributed by atoms with Crippen LogP contribution in [-0.4, -0.2) is 18.0 Å². The van der Waals surface area contributed by atoms with Gasteiger partial charge in [0.1, 0.15) is 0 Å². The smallest absolute Gasteiger partial charge is 0.0334 e. The Balaban J connectivity index is 1.63. The molecule has 2 aromatic rings. The molecular weight excluding hydrogens is 264 g/mol. The van der Waals surface area contributed by atoms with Gasteiger partial charge in [-0.25, -0.2) is 0 Å². The molecule has 1 aliphatic carbocycles. The number of benzene rings is 1. The van der Waals surface area contributed by atoms with Crippen LogP contribution in [0.2, 0.25) is 0 Å². The molecule has 106 valence electrons. The molecule has 1 N–H and O–H groups in total. The van der Waals surface area contributed by atoms with Crippen molar-refractivity contribution in [1.29, 1.82) is 0 Å².